The molecule has 0 spiro atoms. The first-order valence-electron chi connectivity index (χ1n) is 9.08. The number of nitrogens with one attached hydrogen (secondary N) is 1. The van der Waals surface area contributed by atoms with E-state index in [1.165, 1.54) is 6.07 Å². The summed E-state index contributed by atoms with van der Waals surface area (Å²) in [6.45, 7) is 4.26. The molecule has 1 atom stereocenters. The molecular weight excluding hydrogens is 416 g/mol. The fraction of sp³-hybridized carbons (Fsp3) is 0.350. The largest absolute Gasteiger partial charge is 0.486 e. The predicted molar refractivity (Wildman–Crippen MR) is 112 cm³/mol. The molecule has 1 aliphatic heterocycles. The lowest BCUT2D eigenvalue weighted by atomic mass is 10.1. The molecule has 0 aliphatic carbocycles. The zero-order valence-corrected chi connectivity index (χ0v) is 18.0. The maximum atomic E-state index is 12.6. The Labute approximate surface area is 175 Å². The minimum absolute atomic E-state index is 0.338. The highest BCUT2D eigenvalue weighted by atomic mass is 35.5. The molecule has 0 unspecified atom stereocenters. The number of halogens is 1. The van der Waals surface area contributed by atoms with Crippen molar-refractivity contribution in [2.75, 3.05) is 30.3 Å². The Kier molecular flexibility index (Phi) is 6.24. The normalized spacial score (nSPS) is 14.2. The molecule has 156 valence electrons. The van der Waals surface area contributed by atoms with E-state index in [0.29, 0.717) is 35.4 Å². The van der Waals surface area contributed by atoms with Gasteiger partial charge in [-0.05, 0) is 49.2 Å². The van der Waals surface area contributed by atoms with E-state index in [9.17, 15) is 13.2 Å². The molecule has 0 saturated heterocycles. The van der Waals surface area contributed by atoms with E-state index in [1.54, 1.807) is 18.2 Å². The molecule has 1 aliphatic rings. The molecule has 0 saturated carbocycles. The minimum Gasteiger partial charge on any atom is -0.486 e. The van der Waals surface area contributed by atoms with Gasteiger partial charge in [0.15, 0.2) is 11.5 Å². The highest BCUT2D eigenvalue weighted by Gasteiger charge is 2.23. The number of rotatable bonds is 6. The number of aryl methyl sites for hydroxylation is 1. The van der Waals surface area contributed by atoms with Gasteiger partial charge in [-0.3, -0.25) is 9.10 Å². The van der Waals surface area contributed by atoms with E-state index in [-0.39, 0.29) is 12.6 Å². The molecule has 2 aromatic carbocycles. The Hall–Kier alpha value is -2.45. The van der Waals surface area contributed by atoms with Crippen molar-refractivity contribution < 1.29 is 22.7 Å². The van der Waals surface area contributed by atoms with Crippen LogP contribution < -0.4 is 19.1 Å². The summed E-state index contributed by atoms with van der Waals surface area (Å²) in [6, 6.07) is 9.98. The van der Waals surface area contributed by atoms with Gasteiger partial charge in [-0.25, -0.2) is 8.42 Å². The van der Waals surface area contributed by atoms with Crippen LogP contribution in [0.15, 0.2) is 36.4 Å². The zero-order chi connectivity index (χ0) is 21.2. The first-order valence-corrected chi connectivity index (χ1v) is 11.3. The number of hydrogen-bond acceptors (Lipinski definition) is 5. The molecule has 2 aromatic rings. The predicted octanol–water partition coefficient (Wildman–Crippen LogP) is 3.06. The van der Waals surface area contributed by atoms with Gasteiger partial charge in [-0.15, -0.1) is 0 Å². The number of nitrogens with zero attached hydrogens (tertiary/aromatic N) is 1. The van der Waals surface area contributed by atoms with Gasteiger partial charge in [0, 0.05) is 5.02 Å². The van der Waals surface area contributed by atoms with Crippen molar-refractivity contribution in [1.82, 2.24) is 5.32 Å². The molecule has 1 N–H and O–H groups in total. The number of ether oxygens (including phenoxy) is 2. The second kappa shape index (κ2) is 8.51. The van der Waals surface area contributed by atoms with E-state index in [2.05, 4.69) is 5.32 Å². The fourth-order valence-electron chi connectivity index (χ4n) is 2.97. The number of amides is 1. The third-order valence-electron chi connectivity index (χ3n) is 4.57. The number of carbonyl (C=O) groups excluding carboxylic acids is 1. The van der Waals surface area contributed by atoms with Gasteiger partial charge in [-0.1, -0.05) is 23.7 Å². The molecule has 29 heavy (non-hydrogen) atoms. The number of fused-ring (bicyclic) bond motifs is 1. The van der Waals surface area contributed by atoms with Crippen molar-refractivity contribution in [2.24, 2.45) is 0 Å². The van der Waals surface area contributed by atoms with E-state index in [1.807, 2.05) is 26.0 Å². The molecule has 9 heteroatoms. The van der Waals surface area contributed by atoms with Crippen molar-refractivity contribution in [2.45, 2.75) is 19.9 Å². The van der Waals surface area contributed by atoms with Crippen LogP contribution in [0.5, 0.6) is 11.5 Å². The monoisotopic (exact) mass is 438 g/mol. The van der Waals surface area contributed by atoms with Crippen molar-refractivity contribution in [3.8, 4) is 11.5 Å². The summed E-state index contributed by atoms with van der Waals surface area (Å²) >= 11 is 6.12. The maximum absolute atomic E-state index is 12.6. The summed E-state index contributed by atoms with van der Waals surface area (Å²) in [7, 11) is -3.68. The lowest BCUT2D eigenvalue weighted by molar-refractivity contribution is -0.120. The Morgan fingerprint density at radius 3 is 2.52 bits per heavy atom. The van der Waals surface area contributed by atoms with Gasteiger partial charge >= 0.3 is 0 Å². The third-order valence-corrected chi connectivity index (χ3v) is 6.12. The molecule has 3 rings (SSSR count). The van der Waals surface area contributed by atoms with E-state index >= 15 is 0 Å². The van der Waals surface area contributed by atoms with Crippen LogP contribution >= 0.6 is 11.6 Å². The molecule has 0 fully saturated rings. The number of hydrogen-bond donors (Lipinski definition) is 1. The number of anilines is 1. The lowest BCUT2D eigenvalue weighted by Crippen LogP contribution is -2.41. The number of sulfonamides is 1. The molecule has 0 radical (unpaired) electrons. The highest BCUT2D eigenvalue weighted by molar-refractivity contribution is 7.92. The molecule has 1 amide bonds. The van der Waals surface area contributed by atoms with Gasteiger partial charge < -0.3 is 14.8 Å². The number of benzene rings is 2. The van der Waals surface area contributed by atoms with Crippen molar-refractivity contribution in [3.05, 3.63) is 52.5 Å². The minimum atomic E-state index is -3.68. The van der Waals surface area contributed by atoms with Crippen LogP contribution in [0.25, 0.3) is 0 Å². The van der Waals surface area contributed by atoms with Crippen molar-refractivity contribution in [3.63, 3.8) is 0 Å². The van der Waals surface area contributed by atoms with Crippen LogP contribution in [0.2, 0.25) is 5.02 Å². The summed E-state index contributed by atoms with van der Waals surface area (Å²) in [5.41, 5.74) is 1.98. The van der Waals surface area contributed by atoms with Crippen LogP contribution in [0.4, 0.5) is 5.69 Å². The van der Waals surface area contributed by atoms with Gasteiger partial charge in [0.05, 0.1) is 18.0 Å². The Bertz CT molecular complexity index is 1030. The van der Waals surface area contributed by atoms with Crippen LogP contribution in [0, 0.1) is 6.92 Å². The molecule has 0 aromatic heterocycles. The van der Waals surface area contributed by atoms with E-state index in [4.69, 9.17) is 21.1 Å². The van der Waals surface area contributed by atoms with Gasteiger partial charge in [0.1, 0.15) is 19.8 Å². The maximum Gasteiger partial charge on any atom is 0.241 e. The first kappa shape index (κ1) is 21.3. The topological polar surface area (TPSA) is 84.9 Å². The summed E-state index contributed by atoms with van der Waals surface area (Å²) in [5.74, 6) is 0.856. The Balaban J connectivity index is 1.74. The quantitative estimate of drug-likeness (QED) is 0.749. The average Bonchev–Trinajstić information content (AvgIpc) is 2.67. The van der Waals surface area contributed by atoms with Crippen molar-refractivity contribution >= 4 is 33.2 Å². The molecule has 0 bridgehead atoms. The molecule has 1 heterocycles. The van der Waals surface area contributed by atoms with Gasteiger partial charge in [0.25, 0.3) is 0 Å². The second-order valence-corrected chi connectivity index (χ2v) is 9.21. The zero-order valence-electron chi connectivity index (χ0n) is 16.4. The Morgan fingerprint density at radius 1 is 1.17 bits per heavy atom. The van der Waals surface area contributed by atoms with Crippen LogP contribution in [0.1, 0.15) is 24.1 Å². The van der Waals surface area contributed by atoms with E-state index < -0.39 is 15.9 Å². The van der Waals surface area contributed by atoms with Gasteiger partial charge in [0.2, 0.25) is 15.9 Å². The third kappa shape index (κ3) is 5.13. The first-order chi connectivity index (χ1) is 13.6. The summed E-state index contributed by atoms with van der Waals surface area (Å²) in [5, 5.41) is 3.26. The average molecular weight is 439 g/mol. The number of carbonyl (C=O) groups is 1. The highest BCUT2D eigenvalue weighted by Crippen LogP contribution is 2.32. The van der Waals surface area contributed by atoms with Crippen LogP contribution in [0.3, 0.4) is 0 Å². The SMILES string of the molecule is Cc1ccc(N(CC(=O)N[C@H](C)c2ccc3c(c2)OCCO3)S(C)(=O)=O)cc1Cl. The van der Waals surface area contributed by atoms with Crippen LogP contribution in [-0.4, -0.2) is 40.3 Å². The summed E-state index contributed by atoms with van der Waals surface area (Å²) in [4.78, 5) is 12.6. The molecular formula is C20H23ClN2O5S. The van der Waals surface area contributed by atoms with Crippen molar-refractivity contribution in [1.29, 1.82) is 0 Å². The molecule has 7 nitrogen and oxygen atoms in total. The Morgan fingerprint density at radius 2 is 1.86 bits per heavy atom. The standard InChI is InChI=1S/C20H23ClN2O5S/c1-13-4-6-16(11-17(13)21)23(29(3,25)26)12-20(24)22-14(2)15-5-7-18-19(10-15)28-9-8-27-18/h4-7,10-11,14H,8-9,12H2,1-3H3,(H,22,24)/t14-/m1/s1. The van der Waals surface area contributed by atoms with Crippen LogP contribution in [-0.2, 0) is 14.8 Å². The van der Waals surface area contributed by atoms with Gasteiger partial charge in [-0.2, -0.15) is 0 Å². The summed E-state index contributed by atoms with van der Waals surface area (Å²) < 4.78 is 36.6. The summed E-state index contributed by atoms with van der Waals surface area (Å²) in [6.07, 6.45) is 1.05. The second-order valence-electron chi connectivity index (χ2n) is 6.90. The lowest BCUT2D eigenvalue weighted by Gasteiger charge is -2.24. The smallest absolute Gasteiger partial charge is 0.241 e. The van der Waals surface area contributed by atoms with E-state index in [0.717, 1.165) is 21.7 Å². The fourth-order valence-corrected chi connectivity index (χ4v) is 3.99.